The molecule has 1 rings (SSSR count). The fraction of sp³-hybridized carbons (Fsp3) is 0.300. The first kappa shape index (κ1) is 14.7. The van der Waals surface area contributed by atoms with E-state index >= 15 is 0 Å². The van der Waals surface area contributed by atoms with Crippen LogP contribution in [0.1, 0.15) is 24.2 Å². The van der Waals surface area contributed by atoms with Crippen molar-refractivity contribution in [2.45, 2.75) is 19.9 Å². The van der Waals surface area contributed by atoms with E-state index in [1.807, 2.05) is 0 Å². The molecular formula is C10H13ClN2O4S. The van der Waals surface area contributed by atoms with Crippen LogP contribution in [0.25, 0.3) is 0 Å². The van der Waals surface area contributed by atoms with Crippen LogP contribution in [0.2, 0.25) is 5.02 Å². The van der Waals surface area contributed by atoms with Crippen molar-refractivity contribution in [2.75, 3.05) is 4.72 Å². The molecule has 0 aromatic heterocycles. The highest BCUT2D eigenvalue weighted by atomic mass is 35.5. The van der Waals surface area contributed by atoms with Gasteiger partial charge in [0.25, 0.3) is 10.2 Å². The molecule has 0 amide bonds. The lowest BCUT2D eigenvalue weighted by Crippen LogP contribution is -2.35. The highest BCUT2D eigenvalue weighted by Gasteiger charge is 2.14. The van der Waals surface area contributed by atoms with Crippen molar-refractivity contribution in [3.8, 4) is 0 Å². The number of halogens is 1. The summed E-state index contributed by atoms with van der Waals surface area (Å²) in [4.78, 5) is 10.7. The first-order valence-electron chi connectivity index (χ1n) is 5.04. The van der Waals surface area contributed by atoms with E-state index < -0.39 is 16.2 Å². The van der Waals surface area contributed by atoms with Crippen LogP contribution in [-0.2, 0) is 10.2 Å². The Morgan fingerprint density at radius 1 is 1.39 bits per heavy atom. The molecule has 0 saturated heterocycles. The molecule has 8 heteroatoms. The minimum atomic E-state index is -3.69. The summed E-state index contributed by atoms with van der Waals surface area (Å²) >= 11 is 5.72. The molecule has 0 unspecified atom stereocenters. The van der Waals surface area contributed by atoms with Crippen molar-refractivity contribution in [3.63, 3.8) is 0 Å². The molecule has 0 radical (unpaired) electrons. The van der Waals surface area contributed by atoms with Gasteiger partial charge < -0.3 is 5.11 Å². The van der Waals surface area contributed by atoms with Gasteiger partial charge in [0.15, 0.2) is 0 Å². The number of rotatable bonds is 5. The zero-order valence-electron chi connectivity index (χ0n) is 9.77. The number of nitrogens with one attached hydrogen (secondary N) is 2. The number of hydrogen-bond acceptors (Lipinski definition) is 3. The van der Waals surface area contributed by atoms with Gasteiger partial charge >= 0.3 is 5.97 Å². The summed E-state index contributed by atoms with van der Waals surface area (Å²) in [7, 11) is -3.69. The molecule has 0 heterocycles. The van der Waals surface area contributed by atoms with Crippen molar-refractivity contribution in [3.05, 3.63) is 28.8 Å². The second kappa shape index (κ2) is 5.55. The van der Waals surface area contributed by atoms with Crippen LogP contribution in [0.5, 0.6) is 0 Å². The van der Waals surface area contributed by atoms with Gasteiger partial charge in [0, 0.05) is 6.04 Å². The van der Waals surface area contributed by atoms with Gasteiger partial charge in [-0.15, -0.1) is 0 Å². The van der Waals surface area contributed by atoms with E-state index in [1.165, 1.54) is 18.2 Å². The van der Waals surface area contributed by atoms with Crippen LogP contribution in [0.4, 0.5) is 5.69 Å². The Morgan fingerprint density at radius 3 is 2.44 bits per heavy atom. The Kier molecular flexibility index (Phi) is 4.55. The summed E-state index contributed by atoms with van der Waals surface area (Å²) in [6, 6.07) is 3.55. The van der Waals surface area contributed by atoms with E-state index in [0.717, 1.165) is 0 Å². The average Bonchev–Trinajstić information content (AvgIpc) is 2.13. The van der Waals surface area contributed by atoms with Crippen LogP contribution in [0, 0.1) is 0 Å². The Bertz CT molecular complexity index is 557. The van der Waals surface area contributed by atoms with Crippen LogP contribution < -0.4 is 9.44 Å². The number of anilines is 1. The summed E-state index contributed by atoms with van der Waals surface area (Å²) < 4.78 is 27.7. The quantitative estimate of drug-likeness (QED) is 0.769. The number of carbonyl (C=O) groups is 1. The maximum atomic E-state index is 11.6. The third-order valence-electron chi connectivity index (χ3n) is 1.84. The predicted octanol–water partition coefficient (Wildman–Crippen LogP) is 1.69. The van der Waals surface area contributed by atoms with Crippen LogP contribution in [-0.4, -0.2) is 25.5 Å². The lowest BCUT2D eigenvalue weighted by atomic mass is 10.2. The first-order chi connectivity index (χ1) is 8.21. The second-order valence-corrected chi connectivity index (χ2v) is 5.73. The van der Waals surface area contributed by atoms with Gasteiger partial charge in [0.2, 0.25) is 0 Å². The molecule has 1 aromatic carbocycles. The Morgan fingerprint density at radius 2 is 2.00 bits per heavy atom. The maximum absolute atomic E-state index is 11.6. The van der Waals surface area contributed by atoms with Crippen molar-refractivity contribution < 1.29 is 18.3 Å². The SMILES string of the molecule is CC(C)NS(=O)(=O)Nc1ccc(C(=O)O)c(Cl)c1. The molecule has 6 nitrogen and oxygen atoms in total. The monoisotopic (exact) mass is 292 g/mol. The average molecular weight is 293 g/mol. The van der Waals surface area contributed by atoms with Gasteiger partial charge in [-0.3, -0.25) is 4.72 Å². The van der Waals surface area contributed by atoms with E-state index in [1.54, 1.807) is 13.8 Å². The van der Waals surface area contributed by atoms with Gasteiger partial charge in [-0.05, 0) is 32.0 Å². The third kappa shape index (κ3) is 4.17. The van der Waals surface area contributed by atoms with E-state index in [9.17, 15) is 13.2 Å². The molecule has 0 aliphatic heterocycles. The van der Waals surface area contributed by atoms with Crippen molar-refractivity contribution in [1.82, 2.24) is 4.72 Å². The Labute approximate surface area is 110 Å². The molecule has 0 atom stereocenters. The minimum Gasteiger partial charge on any atom is -0.478 e. The summed E-state index contributed by atoms with van der Waals surface area (Å²) in [5.74, 6) is -1.17. The molecule has 1 aromatic rings. The number of carboxylic acids is 1. The van der Waals surface area contributed by atoms with E-state index in [2.05, 4.69) is 9.44 Å². The fourth-order valence-corrected chi connectivity index (χ4v) is 2.63. The predicted molar refractivity (Wildman–Crippen MR) is 69.2 cm³/mol. The standard InChI is InChI=1S/C10H13ClN2O4S/c1-6(2)12-18(16,17)13-7-3-4-8(10(14)15)9(11)5-7/h3-6,12-13H,1-2H3,(H,14,15). The molecule has 0 saturated carbocycles. The molecule has 0 fully saturated rings. The maximum Gasteiger partial charge on any atom is 0.337 e. The molecule has 0 bridgehead atoms. The van der Waals surface area contributed by atoms with Crippen LogP contribution in [0.15, 0.2) is 18.2 Å². The highest BCUT2D eigenvalue weighted by molar-refractivity contribution is 7.90. The Balaban J connectivity index is 2.94. The second-order valence-electron chi connectivity index (χ2n) is 3.88. The van der Waals surface area contributed by atoms with E-state index in [4.69, 9.17) is 16.7 Å². The lowest BCUT2D eigenvalue weighted by molar-refractivity contribution is 0.0697. The third-order valence-corrected chi connectivity index (χ3v) is 3.44. The van der Waals surface area contributed by atoms with Gasteiger partial charge in [-0.2, -0.15) is 13.1 Å². The van der Waals surface area contributed by atoms with E-state index in [-0.39, 0.29) is 22.3 Å². The molecule has 3 N–H and O–H groups in total. The van der Waals surface area contributed by atoms with Gasteiger partial charge in [-0.25, -0.2) is 4.79 Å². The van der Waals surface area contributed by atoms with Gasteiger partial charge in [-0.1, -0.05) is 11.6 Å². The lowest BCUT2D eigenvalue weighted by Gasteiger charge is -2.12. The summed E-state index contributed by atoms with van der Waals surface area (Å²) in [6.45, 7) is 3.36. The normalized spacial score (nSPS) is 11.6. The van der Waals surface area contributed by atoms with Gasteiger partial charge in [0.05, 0.1) is 16.3 Å². The van der Waals surface area contributed by atoms with Crippen molar-refractivity contribution >= 4 is 33.5 Å². The summed E-state index contributed by atoms with van der Waals surface area (Å²) in [5, 5.41) is 8.74. The number of hydrogen-bond donors (Lipinski definition) is 3. The zero-order valence-corrected chi connectivity index (χ0v) is 11.3. The smallest absolute Gasteiger partial charge is 0.337 e. The van der Waals surface area contributed by atoms with Crippen molar-refractivity contribution in [2.24, 2.45) is 0 Å². The largest absolute Gasteiger partial charge is 0.478 e. The zero-order chi connectivity index (χ0) is 13.9. The van der Waals surface area contributed by atoms with Crippen LogP contribution >= 0.6 is 11.6 Å². The molecule has 18 heavy (non-hydrogen) atoms. The van der Waals surface area contributed by atoms with E-state index in [0.29, 0.717) is 0 Å². The molecule has 0 aliphatic carbocycles. The van der Waals surface area contributed by atoms with Crippen LogP contribution in [0.3, 0.4) is 0 Å². The number of benzene rings is 1. The fourth-order valence-electron chi connectivity index (χ4n) is 1.25. The summed E-state index contributed by atoms with van der Waals surface area (Å²) in [5.41, 5.74) is 0.106. The number of aromatic carboxylic acids is 1. The minimum absolute atomic E-state index is 0.0350. The topological polar surface area (TPSA) is 95.5 Å². The van der Waals surface area contributed by atoms with Crippen molar-refractivity contribution in [1.29, 1.82) is 0 Å². The Hall–Kier alpha value is -1.31. The first-order valence-corrected chi connectivity index (χ1v) is 6.90. The number of carboxylic acid groups (broad SMARTS) is 1. The molecule has 0 spiro atoms. The summed E-state index contributed by atoms with van der Waals surface area (Å²) in [6.07, 6.45) is 0. The molecule has 0 aliphatic rings. The highest BCUT2D eigenvalue weighted by Crippen LogP contribution is 2.21. The van der Waals surface area contributed by atoms with Gasteiger partial charge in [0.1, 0.15) is 0 Å². The molecule has 100 valence electrons. The molecular weight excluding hydrogens is 280 g/mol.